The molecule has 0 spiro atoms. The second-order valence-corrected chi connectivity index (χ2v) is 11.8. The average molecular weight is 627 g/mol. The molecule has 0 saturated carbocycles. The number of halogens is 3. The standard InChI is InChI=1S/C30H33F3N8O4/c1-18-26(37-38-41(18)23-6-8-39(9-7-23)28(42)45-29(2,3)4)20-11-24(27-21(12-34)14-36-40(27)16-20)44-25(17-43-5)19-10-22(15-35-13-19)30(31,32)33/h10-11,13-16,23,25H,6-9,17H2,1-5H3. The number of fused-ring (bicyclic) bond motifs is 1. The Kier molecular flexibility index (Phi) is 8.70. The smallest absolute Gasteiger partial charge is 0.417 e. The van der Waals surface area contributed by atoms with Crippen molar-refractivity contribution < 1.29 is 32.2 Å². The first-order chi connectivity index (χ1) is 21.3. The van der Waals surface area contributed by atoms with Gasteiger partial charge in [0.15, 0.2) is 0 Å². The van der Waals surface area contributed by atoms with Crippen molar-refractivity contribution in [1.29, 1.82) is 5.26 Å². The van der Waals surface area contributed by atoms with Crippen LogP contribution in [0.25, 0.3) is 16.8 Å². The zero-order chi connectivity index (χ0) is 32.5. The normalized spacial score (nSPS) is 15.2. The molecule has 12 nitrogen and oxygen atoms in total. The highest BCUT2D eigenvalue weighted by Gasteiger charge is 2.33. The Hall–Kier alpha value is -4.71. The molecular weight excluding hydrogens is 593 g/mol. The summed E-state index contributed by atoms with van der Waals surface area (Å²) in [5.41, 5.74) is 1.06. The molecule has 1 aliphatic heterocycles. The third-order valence-electron chi connectivity index (χ3n) is 7.41. The predicted molar refractivity (Wildman–Crippen MR) is 154 cm³/mol. The van der Waals surface area contributed by atoms with Crippen molar-refractivity contribution in [3.8, 4) is 23.1 Å². The molecule has 4 aromatic heterocycles. The van der Waals surface area contributed by atoms with E-state index in [9.17, 15) is 23.2 Å². The van der Waals surface area contributed by atoms with E-state index in [1.54, 1.807) is 17.2 Å². The number of piperidine rings is 1. The number of hydrogen-bond donors (Lipinski definition) is 0. The third kappa shape index (κ3) is 6.85. The average Bonchev–Trinajstić information content (AvgIpc) is 3.59. The van der Waals surface area contributed by atoms with Crippen molar-refractivity contribution in [2.75, 3.05) is 26.8 Å². The van der Waals surface area contributed by atoms with Crippen molar-refractivity contribution in [3.63, 3.8) is 0 Å². The summed E-state index contributed by atoms with van der Waals surface area (Å²) in [4.78, 5) is 18.0. The maximum Gasteiger partial charge on any atom is 0.417 e. The molecule has 1 amide bonds. The Bertz CT molecular complexity index is 1730. The van der Waals surface area contributed by atoms with Crippen LogP contribution >= 0.6 is 0 Å². The molecular formula is C30H33F3N8O4. The lowest BCUT2D eigenvalue weighted by atomic mass is 10.0. The highest BCUT2D eigenvalue weighted by Crippen LogP contribution is 2.36. The minimum Gasteiger partial charge on any atom is -0.481 e. The largest absolute Gasteiger partial charge is 0.481 e. The van der Waals surface area contributed by atoms with Crippen LogP contribution in [-0.4, -0.2) is 73.0 Å². The van der Waals surface area contributed by atoms with Crippen LogP contribution in [0.1, 0.15) is 68.1 Å². The molecule has 1 aliphatic rings. The molecule has 0 N–H and O–H groups in total. The summed E-state index contributed by atoms with van der Waals surface area (Å²) >= 11 is 0. The van der Waals surface area contributed by atoms with Crippen molar-refractivity contribution in [3.05, 3.63) is 59.3 Å². The number of nitriles is 1. The molecule has 4 aromatic rings. The molecule has 1 fully saturated rings. The predicted octanol–water partition coefficient (Wildman–Crippen LogP) is 5.53. The molecule has 1 unspecified atom stereocenters. The van der Waals surface area contributed by atoms with Crippen LogP contribution in [0.4, 0.5) is 18.0 Å². The highest BCUT2D eigenvalue weighted by molar-refractivity contribution is 5.75. The SMILES string of the molecule is COCC(Oc1cc(-c2nnn(C3CCN(C(=O)OC(C)(C)C)CC3)c2C)cn2ncc(C#N)c12)c1cncc(C(F)(F)F)c1. The first-order valence-corrected chi connectivity index (χ1v) is 14.3. The van der Waals surface area contributed by atoms with Gasteiger partial charge in [-0.15, -0.1) is 5.10 Å². The van der Waals surface area contributed by atoms with Gasteiger partial charge in [-0.1, -0.05) is 5.21 Å². The van der Waals surface area contributed by atoms with Gasteiger partial charge in [0.2, 0.25) is 0 Å². The van der Waals surface area contributed by atoms with E-state index in [4.69, 9.17) is 14.2 Å². The quantitative estimate of drug-likeness (QED) is 0.260. The maximum absolute atomic E-state index is 13.4. The van der Waals surface area contributed by atoms with E-state index < -0.39 is 23.4 Å². The van der Waals surface area contributed by atoms with Crippen LogP contribution < -0.4 is 4.74 Å². The number of likely N-dealkylation sites (tertiary alicyclic amines) is 1. The lowest BCUT2D eigenvalue weighted by Crippen LogP contribution is -2.42. The molecule has 45 heavy (non-hydrogen) atoms. The second-order valence-electron chi connectivity index (χ2n) is 11.8. The third-order valence-corrected chi connectivity index (χ3v) is 7.41. The molecule has 0 aliphatic carbocycles. The molecule has 0 aromatic carbocycles. The number of amides is 1. The summed E-state index contributed by atoms with van der Waals surface area (Å²) in [6, 6.07) is 4.70. The molecule has 238 valence electrons. The highest BCUT2D eigenvalue weighted by atomic mass is 19.4. The van der Waals surface area contributed by atoms with E-state index >= 15 is 0 Å². The van der Waals surface area contributed by atoms with E-state index in [0.717, 1.165) is 18.0 Å². The Morgan fingerprint density at radius 3 is 2.53 bits per heavy atom. The van der Waals surface area contributed by atoms with Gasteiger partial charge < -0.3 is 19.1 Å². The fourth-order valence-corrected chi connectivity index (χ4v) is 5.25. The summed E-state index contributed by atoms with van der Waals surface area (Å²) in [6.45, 7) is 8.29. The van der Waals surface area contributed by atoms with Crippen LogP contribution in [0.3, 0.4) is 0 Å². The number of hydrogen-bond acceptors (Lipinski definition) is 9. The van der Waals surface area contributed by atoms with E-state index in [2.05, 4.69) is 26.5 Å². The topological polar surface area (TPSA) is 133 Å². The lowest BCUT2D eigenvalue weighted by Gasteiger charge is -2.33. The molecule has 5 rings (SSSR count). The van der Waals surface area contributed by atoms with Gasteiger partial charge in [0.1, 0.15) is 40.3 Å². The van der Waals surface area contributed by atoms with Crippen LogP contribution in [0, 0.1) is 18.3 Å². The first-order valence-electron chi connectivity index (χ1n) is 14.3. The van der Waals surface area contributed by atoms with Crippen molar-refractivity contribution in [2.24, 2.45) is 0 Å². The van der Waals surface area contributed by atoms with Crippen molar-refractivity contribution in [1.82, 2.24) is 34.5 Å². The van der Waals surface area contributed by atoms with Crippen LogP contribution in [0.15, 0.2) is 36.9 Å². The zero-order valence-electron chi connectivity index (χ0n) is 25.5. The second kappa shape index (κ2) is 12.4. The molecule has 5 heterocycles. The van der Waals surface area contributed by atoms with Crippen molar-refractivity contribution >= 4 is 11.6 Å². The molecule has 0 bridgehead atoms. The summed E-state index contributed by atoms with van der Waals surface area (Å²) < 4.78 is 60.7. The molecule has 1 atom stereocenters. The Morgan fingerprint density at radius 2 is 1.89 bits per heavy atom. The fraction of sp³-hybridized carbons (Fsp3) is 0.467. The van der Waals surface area contributed by atoms with Gasteiger partial charge in [-0.25, -0.2) is 14.0 Å². The molecule has 1 saturated heterocycles. The van der Waals surface area contributed by atoms with E-state index in [0.29, 0.717) is 42.7 Å². The number of methoxy groups -OCH3 is 1. The fourth-order valence-electron chi connectivity index (χ4n) is 5.25. The van der Waals surface area contributed by atoms with Gasteiger partial charge in [0.25, 0.3) is 0 Å². The number of ether oxygens (including phenoxy) is 3. The number of carbonyl (C=O) groups is 1. The number of rotatable bonds is 7. The first kappa shape index (κ1) is 31.7. The summed E-state index contributed by atoms with van der Waals surface area (Å²) in [5, 5.41) is 22.9. The number of pyridine rings is 2. The van der Waals surface area contributed by atoms with Gasteiger partial charge >= 0.3 is 12.3 Å². The molecule has 15 heteroatoms. The van der Waals surface area contributed by atoms with Gasteiger partial charge in [-0.2, -0.15) is 23.5 Å². The van der Waals surface area contributed by atoms with Gasteiger partial charge in [0, 0.05) is 49.9 Å². The molecule has 0 radical (unpaired) electrons. The summed E-state index contributed by atoms with van der Waals surface area (Å²) in [5.74, 6) is 0.195. The van der Waals surface area contributed by atoms with Crippen LogP contribution in [0.2, 0.25) is 0 Å². The van der Waals surface area contributed by atoms with Crippen LogP contribution in [0.5, 0.6) is 5.75 Å². The zero-order valence-corrected chi connectivity index (χ0v) is 25.5. The number of nitrogens with zero attached hydrogens (tertiary/aromatic N) is 8. The number of carbonyl (C=O) groups excluding carboxylic acids is 1. The lowest BCUT2D eigenvalue weighted by molar-refractivity contribution is -0.138. The monoisotopic (exact) mass is 626 g/mol. The van der Waals surface area contributed by atoms with Gasteiger partial charge in [-0.05, 0) is 52.7 Å². The van der Waals surface area contributed by atoms with Crippen molar-refractivity contribution in [2.45, 2.75) is 64.5 Å². The Morgan fingerprint density at radius 1 is 1.16 bits per heavy atom. The van der Waals surface area contributed by atoms with Gasteiger partial charge in [0.05, 0.1) is 30.1 Å². The van der Waals surface area contributed by atoms with E-state index in [1.165, 1.54) is 24.0 Å². The number of aromatic nitrogens is 6. The van der Waals surface area contributed by atoms with E-state index in [1.807, 2.05) is 32.4 Å². The minimum atomic E-state index is -4.59. The maximum atomic E-state index is 13.4. The minimum absolute atomic E-state index is 0.00113. The Balaban J connectivity index is 1.45. The Labute approximate surface area is 257 Å². The van der Waals surface area contributed by atoms with E-state index in [-0.39, 0.29) is 35.6 Å². The summed E-state index contributed by atoms with van der Waals surface area (Å²) in [6.07, 6.45) is 0.477. The van der Waals surface area contributed by atoms with Crippen LogP contribution in [-0.2, 0) is 15.7 Å². The number of alkyl halides is 3. The van der Waals surface area contributed by atoms with Gasteiger partial charge in [-0.3, -0.25) is 4.98 Å². The summed E-state index contributed by atoms with van der Waals surface area (Å²) in [7, 11) is 1.41.